The summed E-state index contributed by atoms with van der Waals surface area (Å²) in [5.41, 5.74) is 1.62. The Labute approximate surface area is 130 Å². The standard InChI is InChI=1S/C16H24FN3O2/c1-4-11(2)20-16(18-3)19-6-5-12-7-14(17)8-13-9-21-10-22-15(12)13/h7-8,11H,4-6,9-10H2,1-3H3,(H2,18,19,20). The number of guanidine groups is 1. The first-order valence-corrected chi connectivity index (χ1v) is 7.63. The molecule has 0 saturated carbocycles. The molecule has 122 valence electrons. The predicted molar refractivity (Wildman–Crippen MR) is 84.6 cm³/mol. The Hall–Kier alpha value is -1.82. The van der Waals surface area contributed by atoms with Crippen molar-refractivity contribution in [2.24, 2.45) is 4.99 Å². The van der Waals surface area contributed by atoms with E-state index in [0.717, 1.165) is 29.3 Å². The smallest absolute Gasteiger partial charge is 0.191 e. The van der Waals surface area contributed by atoms with Gasteiger partial charge < -0.3 is 20.1 Å². The summed E-state index contributed by atoms with van der Waals surface area (Å²) in [7, 11) is 1.74. The summed E-state index contributed by atoms with van der Waals surface area (Å²) in [6.45, 7) is 5.48. The van der Waals surface area contributed by atoms with Crippen molar-refractivity contribution in [3.63, 3.8) is 0 Å². The number of nitrogens with zero attached hydrogens (tertiary/aromatic N) is 1. The van der Waals surface area contributed by atoms with Gasteiger partial charge in [0.25, 0.3) is 0 Å². The number of halogens is 1. The van der Waals surface area contributed by atoms with E-state index in [0.29, 0.717) is 25.6 Å². The Kier molecular flexibility index (Phi) is 6.00. The van der Waals surface area contributed by atoms with Gasteiger partial charge in [0.1, 0.15) is 11.6 Å². The molecule has 0 bridgehead atoms. The lowest BCUT2D eigenvalue weighted by Gasteiger charge is -2.21. The second kappa shape index (κ2) is 7.98. The molecule has 0 spiro atoms. The van der Waals surface area contributed by atoms with E-state index in [-0.39, 0.29) is 12.6 Å². The topological polar surface area (TPSA) is 54.9 Å². The number of hydrogen-bond donors (Lipinski definition) is 2. The summed E-state index contributed by atoms with van der Waals surface area (Å²) in [6, 6.07) is 3.35. The van der Waals surface area contributed by atoms with Crippen molar-refractivity contribution in [1.29, 1.82) is 0 Å². The van der Waals surface area contributed by atoms with Crippen LogP contribution in [0, 0.1) is 5.82 Å². The second-order valence-corrected chi connectivity index (χ2v) is 5.37. The molecule has 5 nitrogen and oxygen atoms in total. The molecule has 2 N–H and O–H groups in total. The molecule has 6 heteroatoms. The van der Waals surface area contributed by atoms with E-state index in [1.54, 1.807) is 7.05 Å². The molecule has 0 radical (unpaired) electrons. The van der Waals surface area contributed by atoms with Crippen molar-refractivity contribution in [3.05, 3.63) is 29.1 Å². The Balaban J connectivity index is 1.95. The molecule has 22 heavy (non-hydrogen) atoms. The van der Waals surface area contributed by atoms with E-state index in [4.69, 9.17) is 9.47 Å². The van der Waals surface area contributed by atoms with Crippen LogP contribution in [-0.4, -0.2) is 32.4 Å². The van der Waals surface area contributed by atoms with Gasteiger partial charge in [-0.25, -0.2) is 4.39 Å². The quantitative estimate of drug-likeness (QED) is 0.647. The fourth-order valence-corrected chi connectivity index (χ4v) is 2.29. The van der Waals surface area contributed by atoms with E-state index in [1.807, 2.05) is 0 Å². The summed E-state index contributed by atoms with van der Waals surface area (Å²) < 4.78 is 24.4. The first-order valence-electron chi connectivity index (χ1n) is 7.63. The molecule has 0 aliphatic carbocycles. The van der Waals surface area contributed by atoms with Crippen LogP contribution in [0.25, 0.3) is 0 Å². The van der Waals surface area contributed by atoms with Crippen LogP contribution in [0.5, 0.6) is 5.75 Å². The zero-order valence-electron chi connectivity index (χ0n) is 13.4. The van der Waals surface area contributed by atoms with Crippen LogP contribution in [0.1, 0.15) is 31.4 Å². The van der Waals surface area contributed by atoms with Crippen molar-refractivity contribution < 1.29 is 13.9 Å². The molecule has 0 saturated heterocycles. The van der Waals surface area contributed by atoms with Crippen LogP contribution in [0.15, 0.2) is 17.1 Å². The highest BCUT2D eigenvalue weighted by atomic mass is 19.1. The number of rotatable bonds is 5. The lowest BCUT2D eigenvalue weighted by molar-refractivity contribution is -0.0172. The minimum absolute atomic E-state index is 0.219. The number of fused-ring (bicyclic) bond motifs is 1. The monoisotopic (exact) mass is 309 g/mol. The first kappa shape index (κ1) is 16.5. The van der Waals surface area contributed by atoms with Gasteiger partial charge in [0.15, 0.2) is 12.8 Å². The molecular formula is C16H24FN3O2. The van der Waals surface area contributed by atoms with Gasteiger partial charge in [-0.2, -0.15) is 0 Å². The summed E-state index contributed by atoms with van der Waals surface area (Å²) >= 11 is 0. The fraction of sp³-hybridized carbons (Fsp3) is 0.562. The van der Waals surface area contributed by atoms with E-state index < -0.39 is 0 Å². The van der Waals surface area contributed by atoms with Gasteiger partial charge in [-0.05, 0) is 37.5 Å². The van der Waals surface area contributed by atoms with E-state index in [2.05, 4.69) is 29.5 Å². The van der Waals surface area contributed by atoms with Crippen LogP contribution in [0.3, 0.4) is 0 Å². The SMILES string of the molecule is CCC(C)NC(=NC)NCCc1cc(F)cc2c1OCOC2. The van der Waals surface area contributed by atoms with Crippen molar-refractivity contribution >= 4 is 5.96 Å². The molecular weight excluding hydrogens is 285 g/mol. The maximum atomic E-state index is 13.7. The lowest BCUT2D eigenvalue weighted by Crippen LogP contribution is -2.42. The Morgan fingerprint density at radius 1 is 1.45 bits per heavy atom. The van der Waals surface area contributed by atoms with Gasteiger partial charge in [0.05, 0.1) is 6.61 Å². The number of ether oxygens (including phenoxy) is 2. The van der Waals surface area contributed by atoms with Crippen LogP contribution in [0.4, 0.5) is 4.39 Å². The Morgan fingerprint density at radius 3 is 3.00 bits per heavy atom. The van der Waals surface area contributed by atoms with Crippen LogP contribution in [-0.2, 0) is 17.8 Å². The minimum atomic E-state index is -0.259. The highest BCUT2D eigenvalue weighted by molar-refractivity contribution is 5.79. The predicted octanol–water partition coefficient (Wildman–Crippen LogP) is 2.20. The fourth-order valence-electron chi connectivity index (χ4n) is 2.29. The van der Waals surface area contributed by atoms with Crippen LogP contribution in [0.2, 0.25) is 0 Å². The highest BCUT2D eigenvalue weighted by Crippen LogP contribution is 2.29. The number of benzene rings is 1. The van der Waals surface area contributed by atoms with Gasteiger partial charge in [-0.1, -0.05) is 6.92 Å². The maximum absolute atomic E-state index is 13.7. The normalized spacial score (nSPS) is 15.7. The zero-order chi connectivity index (χ0) is 15.9. The summed E-state index contributed by atoms with van der Waals surface area (Å²) in [5.74, 6) is 1.24. The molecule has 1 heterocycles. The molecule has 1 aromatic carbocycles. The van der Waals surface area contributed by atoms with Crippen molar-refractivity contribution in [1.82, 2.24) is 10.6 Å². The third-order valence-corrected chi connectivity index (χ3v) is 3.66. The number of hydrogen-bond acceptors (Lipinski definition) is 3. The van der Waals surface area contributed by atoms with Crippen molar-refractivity contribution in [2.75, 3.05) is 20.4 Å². The van der Waals surface area contributed by atoms with Gasteiger partial charge in [-0.15, -0.1) is 0 Å². The van der Waals surface area contributed by atoms with Gasteiger partial charge >= 0.3 is 0 Å². The molecule has 0 aromatic heterocycles. The molecule has 0 amide bonds. The average Bonchev–Trinajstić information content (AvgIpc) is 2.53. The first-order chi connectivity index (χ1) is 10.6. The Morgan fingerprint density at radius 2 is 2.27 bits per heavy atom. The Bertz CT molecular complexity index is 534. The molecule has 1 atom stereocenters. The van der Waals surface area contributed by atoms with Gasteiger partial charge in [0, 0.05) is 25.2 Å². The molecule has 1 aliphatic heterocycles. The maximum Gasteiger partial charge on any atom is 0.191 e. The van der Waals surface area contributed by atoms with Gasteiger partial charge in [-0.3, -0.25) is 4.99 Å². The summed E-state index contributed by atoms with van der Waals surface area (Å²) in [4.78, 5) is 4.18. The third-order valence-electron chi connectivity index (χ3n) is 3.66. The minimum Gasteiger partial charge on any atom is -0.467 e. The van der Waals surface area contributed by atoms with Crippen LogP contribution < -0.4 is 15.4 Å². The number of aliphatic imine (C=N–C) groups is 1. The second-order valence-electron chi connectivity index (χ2n) is 5.37. The largest absolute Gasteiger partial charge is 0.467 e. The summed E-state index contributed by atoms with van der Waals surface area (Å²) in [6.07, 6.45) is 1.67. The lowest BCUT2D eigenvalue weighted by atomic mass is 10.1. The molecule has 1 aliphatic rings. The molecule has 0 fully saturated rings. The third kappa shape index (κ3) is 4.34. The van der Waals surface area contributed by atoms with Crippen molar-refractivity contribution in [2.45, 2.75) is 39.3 Å². The molecule has 1 unspecified atom stereocenters. The average molecular weight is 309 g/mol. The summed E-state index contributed by atoms with van der Waals surface area (Å²) in [5, 5.41) is 6.53. The molecule has 1 aromatic rings. The van der Waals surface area contributed by atoms with E-state index >= 15 is 0 Å². The van der Waals surface area contributed by atoms with E-state index in [9.17, 15) is 4.39 Å². The van der Waals surface area contributed by atoms with Crippen molar-refractivity contribution in [3.8, 4) is 5.75 Å². The molecule has 2 rings (SSSR count). The van der Waals surface area contributed by atoms with Gasteiger partial charge in [0.2, 0.25) is 0 Å². The van der Waals surface area contributed by atoms with Crippen LogP contribution >= 0.6 is 0 Å². The van der Waals surface area contributed by atoms with E-state index in [1.165, 1.54) is 12.1 Å². The highest BCUT2D eigenvalue weighted by Gasteiger charge is 2.16. The number of nitrogens with one attached hydrogen (secondary N) is 2. The zero-order valence-corrected chi connectivity index (χ0v) is 13.4.